The third-order valence-electron chi connectivity index (χ3n) is 2.02. The zero-order chi connectivity index (χ0) is 9.84. The Bertz CT molecular complexity index is 271. The van der Waals surface area contributed by atoms with E-state index in [0.29, 0.717) is 5.92 Å². The number of phenolic OH excluding ortho intramolecular Hbond substituents is 1. The fraction of sp³-hybridized carbons (Fsp3) is 0.455. The molecule has 0 spiro atoms. The molecule has 0 amide bonds. The highest BCUT2D eigenvalue weighted by atomic mass is 16.3. The summed E-state index contributed by atoms with van der Waals surface area (Å²) in [5.41, 5.74) is 6.96. The minimum absolute atomic E-state index is 0.0344. The lowest BCUT2D eigenvalue weighted by Crippen LogP contribution is -2.12. The molecule has 1 aromatic rings. The van der Waals surface area contributed by atoms with Crippen LogP contribution < -0.4 is 5.73 Å². The van der Waals surface area contributed by atoms with Gasteiger partial charge in [0.15, 0.2) is 0 Å². The van der Waals surface area contributed by atoms with Crippen molar-refractivity contribution in [3.63, 3.8) is 0 Å². The summed E-state index contributed by atoms with van der Waals surface area (Å²) < 4.78 is 0. The molecule has 0 fully saturated rings. The molecule has 3 N–H and O–H groups in total. The molecule has 1 aromatic carbocycles. The zero-order valence-electron chi connectivity index (χ0n) is 8.20. The summed E-state index contributed by atoms with van der Waals surface area (Å²) in [6.07, 6.45) is 0.948. The quantitative estimate of drug-likeness (QED) is 0.748. The van der Waals surface area contributed by atoms with Gasteiger partial charge in [-0.3, -0.25) is 0 Å². The van der Waals surface area contributed by atoms with Crippen LogP contribution in [0.25, 0.3) is 0 Å². The summed E-state index contributed by atoms with van der Waals surface area (Å²) in [4.78, 5) is 0. The molecular weight excluding hydrogens is 162 g/mol. The average Bonchev–Trinajstić information content (AvgIpc) is 2.03. The van der Waals surface area contributed by atoms with Crippen LogP contribution in [0.15, 0.2) is 24.3 Å². The van der Waals surface area contributed by atoms with Gasteiger partial charge in [0.1, 0.15) is 5.75 Å². The first-order valence-corrected chi connectivity index (χ1v) is 4.64. The third kappa shape index (κ3) is 3.07. The summed E-state index contributed by atoms with van der Waals surface area (Å²) >= 11 is 0. The Morgan fingerprint density at radius 2 is 2.08 bits per heavy atom. The minimum atomic E-state index is 0.0344. The smallest absolute Gasteiger partial charge is 0.115 e. The molecule has 0 saturated heterocycles. The van der Waals surface area contributed by atoms with Crippen molar-refractivity contribution in [1.29, 1.82) is 0 Å². The molecule has 0 radical (unpaired) electrons. The van der Waals surface area contributed by atoms with Crippen LogP contribution in [0.2, 0.25) is 0 Å². The topological polar surface area (TPSA) is 46.2 Å². The summed E-state index contributed by atoms with van der Waals surface area (Å²) in [6.45, 7) is 4.28. The molecule has 2 heteroatoms. The minimum Gasteiger partial charge on any atom is -0.508 e. The number of phenols is 1. The van der Waals surface area contributed by atoms with Crippen molar-refractivity contribution in [1.82, 2.24) is 0 Å². The maximum Gasteiger partial charge on any atom is 0.115 e. The lowest BCUT2D eigenvalue weighted by molar-refractivity contribution is 0.469. The molecule has 1 rings (SSSR count). The molecule has 0 aliphatic carbocycles. The number of rotatable bonds is 3. The van der Waals surface area contributed by atoms with Crippen molar-refractivity contribution in [2.45, 2.75) is 26.3 Å². The Hall–Kier alpha value is -1.02. The predicted octanol–water partition coefficient (Wildman–Crippen LogP) is 2.44. The van der Waals surface area contributed by atoms with Gasteiger partial charge in [-0.15, -0.1) is 0 Å². The molecule has 0 aliphatic rings. The van der Waals surface area contributed by atoms with Crippen LogP contribution in [0.4, 0.5) is 0 Å². The molecule has 0 aromatic heterocycles. The largest absolute Gasteiger partial charge is 0.508 e. The number of hydrogen-bond donors (Lipinski definition) is 2. The molecule has 13 heavy (non-hydrogen) atoms. The SMILES string of the molecule is CC(C)CC(N)c1cccc(O)c1. The van der Waals surface area contributed by atoms with Gasteiger partial charge in [0.25, 0.3) is 0 Å². The monoisotopic (exact) mass is 179 g/mol. The van der Waals surface area contributed by atoms with E-state index in [9.17, 15) is 5.11 Å². The number of hydrogen-bond acceptors (Lipinski definition) is 2. The lowest BCUT2D eigenvalue weighted by atomic mass is 9.98. The molecule has 0 aliphatic heterocycles. The Morgan fingerprint density at radius 3 is 2.62 bits per heavy atom. The van der Waals surface area contributed by atoms with Crippen LogP contribution in [0.5, 0.6) is 5.75 Å². The first-order valence-electron chi connectivity index (χ1n) is 4.64. The Balaban J connectivity index is 2.71. The summed E-state index contributed by atoms with van der Waals surface area (Å²) in [6, 6.07) is 7.20. The second-order valence-corrected chi connectivity index (χ2v) is 3.83. The van der Waals surface area contributed by atoms with E-state index in [2.05, 4.69) is 13.8 Å². The van der Waals surface area contributed by atoms with Gasteiger partial charge >= 0.3 is 0 Å². The van der Waals surface area contributed by atoms with Gasteiger partial charge in [-0.05, 0) is 30.0 Å². The van der Waals surface area contributed by atoms with Crippen molar-refractivity contribution in [2.75, 3.05) is 0 Å². The van der Waals surface area contributed by atoms with Gasteiger partial charge in [0.2, 0.25) is 0 Å². The highest BCUT2D eigenvalue weighted by Gasteiger charge is 2.08. The van der Waals surface area contributed by atoms with Crippen molar-refractivity contribution in [2.24, 2.45) is 11.7 Å². The van der Waals surface area contributed by atoms with E-state index in [0.717, 1.165) is 12.0 Å². The van der Waals surface area contributed by atoms with E-state index in [1.54, 1.807) is 12.1 Å². The first-order chi connectivity index (χ1) is 6.09. The molecule has 72 valence electrons. The van der Waals surface area contributed by atoms with E-state index in [1.165, 1.54) is 0 Å². The molecule has 0 heterocycles. The van der Waals surface area contributed by atoms with E-state index >= 15 is 0 Å². The van der Waals surface area contributed by atoms with Crippen LogP contribution in [-0.4, -0.2) is 5.11 Å². The van der Waals surface area contributed by atoms with Gasteiger partial charge < -0.3 is 10.8 Å². The average molecular weight is 179 g/mol. The maximum atomic E-state index is 9.24. The highest BCUT2D eigenvalue weighted by molar-refractivity contribution is 5.29. The van der Waals surface area contributed by atoms with Crippen LogP contribution >= 0.6 is 0 Å². The van der Waals surface area contributed by atoms with Crippen molar-refractivity contribution in [3.8, 4) is 5.75 Å². The van der Waals surface area contributed by atoms with Gasteiger partial charge in [-0.25, -0.2) is 0 Å². The van der Waals surface area contributed by atoms with Crippen molar-refractivity contribution in [3.05, 3.63) is 29.8 Å². The second kappa shape index (κ2) is 4.28. The van der Waals surface area contributed by atoms with Gasteiger partial charge in [0.05, 0.1) is 0 Å². The van der Waals surface area contributed by atoms with Gasteiger partial charge in [-0.2, -0.15) is 0 Å². The normalized spacial score (nSPS) is 13.2. The molecule has 0 bridgehead atoms. The molecule has 0 saturated carbocycles. The highest BCUT2D eigenvalue weighted by Crippen LogP contribution is 2.21. The van der Waals surface area contributed by atoms with E-state index in [-0.39, 0.29) is 11.8 Å². The van der Waals surface area contributed by atoms with Crippen LogP contribution in [0, 0.1) is 5.92 Å². The Labute approximate surface area is 79.4 Å². The van der Waals surface area contributed by atoms with Gasteiger partial charge in [-0.1, -0.05) is 26.0 Å². The molecule has 2 nitrogen and oxygen atoms in total. The molecular formula is C11H17NO. The fourth-order valence-corrected chi connectivity index (χ4v) is 1.40. The number of benzene rings is 1. The summed E-state index contributed by atoms with van der Waals surface area (Å²) in [7, 11) is 0. The Morgan fingerprint density at radius 1 is 1.38 bits per heavy atom. The van der Waals surface area contributed by atoms with E-state index < -0.39 is 0 Å². The zero-order valence-corrected chi connectivity index (χ0v) is 8.20. The van der Waals surface area contributed by atoms with Crippen LogP contribution in [0.3, 0.4) is 0 Å². The number of aromatic hydroxyl groups is 1. The molecule has 1 unspecified atom stereocenters. The predicted molar refractivity (Wildman–Crippen MR) is 54.5 cm³/mol. The van der Waals surface area contributed by atoms with E-state index in [4.69, 9.17) is 5.73 Å². The standard InChI is InChI=1S/C11H17NO/c1-8(2)6-11(12)9-4-3-5-10(13)7-9/h3-5,7-8,11,13H,6,12H2,1-2H3. The lowest BCUT2D eigenvalue weighted by Gasteiger charge is -2.14. The number of nitrogens with two attached hydrogens (primary N) is 1. The van der Waals surface area contributed by atoms with Gasteiger partial charge in [0, 0.05) is 6.04 Å². The fourth-order valence-electron chi connectivity index (χ4n) is 1.40. The summed E-state index contributed by atoms with van der Waals surface area (Å²) in [5, 5.41) is 9.24. The van der Waals surface area contributed by atoms with Crippen molar-refractivity contribution >= 4 is 0 Å². The van der Waals surface area contributed by atoms with E-state index in [1.807, 2.05) is 12.1 Å². The van der Waals surface area contributed by atoms with Crippen molar-refractivity contribution < 1.29 is 5.11 Å². The Kier molecular flexibility index (Phi) is 3.32. The van der Waals surface area contributed by atoms with Crippen LogP contribution in [0.1, 0.15) is 31.9 Å². The van der Waals surface area contributed by atoms with Crippen LogP contribution in [-0.2, 0) is 0 Å². The second-order valence-electron chi connectivity index (χ2n) is 3.83. The third-order valence-corrected chi connectivity index (χ3v) is 2.02. The molecule has 1 atom stereocenters. The maximum absolute atomic E-state index is 9.24. The first kappa shape index (κ1) is 10.1. The summed E-state index contributed by atoms with van der Waals surface area (Å²) in [5.74, 6) is 0.869.